The second kappa shape index (κ2) is 6.83. The molecule has 1 aliphatic rings. The van der Waals surface area contributed by atoms with Gasteiger partial charge in [-0.15, -0.1) is 0 Å². The van der Waals surface area contributed by atoms with Gasteiger partial charge in [-0.05, 0) is 37.7 Å². The minimum absolute atomic E-state index is 0.570. The Kier molecular flexibility index (Phi) is 5.11. The number of hydrogen-bond acceptors (Lipinski definition) is 5. The molecule has 0 bridgehead atoms. The minimum atomic E-state index is 0.570. The van der Waals surface area contributed by atoms with Gasteiger partial charge in [-0.25, -0.2) is 9.97 Å². The van der Waals surface area contributed by atoms with Crippen molar-refractivity contribution >= 4 is 23.4 Å². The van der Waals surface area contributed by atoms with Gasteiger partial charge < -0.3 is 10.6 Å². The van der Waals surface area contributed by atoms with E-state index in [1.54, 1.807) is 6.33 Å². The van der Waals surface area contributed by atoms with E-state index < -0.39 is 0 Å². The first kappa shape index (κ1) is 13.5. The van der Waals surface area contributed by atoms with Gasteiger partial charge in [0.25, 0.3) is 0 Å². The maximum atomic E-state index is 4.42. The molecule has 1 saturated heterocycles. The second-order valence-corrected chi connectivity index (χ2v) is 5.69. The van der Waals surface area contributed by atoms with Gasteiger partial charge in [-0.2, -0.15) is 11.8 Å². The highest BCUT2D eigenvalue weighted by molar-refractivity contribution is 7.99. The normalized spacial score (nSPS) is 16.6. The van der Waals surface area contributed by atoms with Gasteiger partial charge in [-0.3, -0.25) is 0 Å². The van der Waals surface area contributed by atoms with Crippen molar-refractivity contribution in [3.8, 4) is 0 Å². The number of hydrogen-bond donors (Lipinski definition) is 2. The largest absolute Gasteiger partial charge is 0.370 e. The lowest BCUT2D eigenvalue weighted by atomic mass is 10.1. The zero-order chi connectivity index (χ0) is 12.8. The molecule has 2 heterocycles. The molecule has 1 aliphatic heterocycles. The predicted molar refractivity (Wildman–Crippen MR) is 79.5 cm³/mol. The number of nitrogens with zero attached hydrogens (tertiary/aromatic N) is 2. The molecule has 1 aromatic heterocycles. The first-order valence-corrected chi connectivity index (χ1v) is 7.92. The van der Waals surface area contributed by atoms with E-state index in [1.165, 1.54) is 29.9 Å². The fraction of sp³-hybridized carbons (Fsp3) is 0.692. The lowest BCUT2D eigenvalue weighted by Crippen LogP contribution is -2.26. The molecule has 0 aliphatic carbocycles. The Bertz CT molecular complexity index is 377. The van der Waals surface area contributed by atoms with Crippen molar-refractivity contribution in [3.63, 3.8) is 0 Å². The molecule has 1 fully saturated rings. The Balaban J connectivity index is 2.12. The third-order valence-electron chi connectivity index (χ3n) is 3.21. The quantitative estimate of drug-likeness (QED) is 0.858. The molecule has 0 saturated carbocycles. The standard InChI is InChI=1S/C13H22N4S/c1-3-11-12(14-4-2)15-9-16-13(11)17-10-5-7-18-8-6-10/h9-10H,3-8H2,1-2H3,(H2,14,15,16,17). The molecular weight excluding hydrogens is 244 g/mol. The topological polar surface area (TPSA) is 49.8 Å². The summed E-state index contributed by atoms with van der Waals surface area (Å²) in [6.07, 6.45) is 5.06. The van der Waals surface area contributed by atoms with E-state index in [-0.39, 0.29) is 0 Å². The van der Waals surface area contributed by atoms with E-state index in [9.17, 15) is 0 Å². The number of rotatable bonds is 5. The summed E-state index contributed by atoms with van der Waals surface area (Å²) < 4.78 is 0. The summed E-state index contributed by atoms with van der Waals surface area (Å²) >= 11 is 2.05. The van der Waals surface area contributed by atoms with E-state index in [0.717, 1.165) is 24.6 Å². The molecular formula is C13H22N4S. The molecule has 2 rings (SSSR count). The van der Waals surface area contributed by atoms with E-state index in [0.29, 0.717) is 6.04 Å². The van der Waals surface area contributed by atoms with Crippen LogP contribution < -0.4 is 10.6 Å². The molecule has 18 heavy (non-hydrogen) atoms. The lowest BCUT2D eigenvalue weighted by Gasteiger charge is -2.24. The number of aromatic nitrogens is 2. The summed E-state index contributed by atoms with van der Waals surface area (Å²) in [5.41, 5.74) is 1.21. The summed E-state index contributed by atoms with van der Waals surface area (Å²) in [6.45, 7) is 5.14. The van der Waals surface area contributed by atoms with Crippen LogP contribution in [0.5, 0.6) is 0 Å². The van der Waals surface area contributed by atoms with Crippen molar-refractivity contribution in [1.82, 2.24) is 9.97 Å². The highest BCUT2D eigenvalue weighted by Crippen LogP contribution is 2.24. The summed E-state index contributed by atoms with van der Waals surface area (Å²) in [5.74, 6) is 4.50. The van der Waals surface area contributed by atoms with Gasteiger partial charge >= 0.3 is 0 Å². The van der Waals surface area contributed by atoms with E-state index in [4.69, 9.17) is 0 Å². The number of anilines is 2. The number of nitrogens with one attached hydrogen (secondary N) is 2. The molecule has 100 valence electrons. The molecule has 4 nitrogen and oxygen atoms in total. The average Bonchev–Trinajstić information content (AvgIpc) is 2.41. The second-order valence-electron chi connectivity index (χ2n) is 4.46. The summed E-state index contributed by atoms with van der Waals surface area (Å²) in [5, 5.41) is 6.90. The van der Waals surface area contributed by atoms with Gasteiger partial charge in [0.1, 0.15) is 18.0 Å². The van der Waals surface area contributed by atoms with Crippen molar-refractivity contribution in [2.45, 2.75) is 39.2 Å². The zero-order valence-electron chi connectivity index (χ0n) is 11.2. The molecule has 0 unspecified atom stereocenters. The Morgan fingerprint density at radius 3 is 2.61 bits per heavy atom. The lowest BCUT2D eigenvalue weighted by molar-refractivity contribution is 0.662. The van der Waals surface area contributed by atoms with Crippen LogP contribution in [-0.4, -0.2) is 34.1 Å². The Morgan fingerprint density at radius 1 is 1.22 bits per heavy atom. The van der Waals surface area contributed by atoms with Crippen molar-refractivity contribution in [2.24, 2.45) is 0 Å². The van der Waals surface area contributed by atoms with Crippen LogP contribution in [0.15, 0.2) is 6.33 Å². The van der Waals surface area contributed by atoms with Gasteiger partial charge in [0.15, 0.2) is 0 Å². The van der Waals surface area contributed by atoms with E-state index in [2.05, 4.69) is 34.4 Å². The van der Waals surface area contributed by atoms with Crippen LogP contribution in [0.3, 0.4) is 0 Å². The molecule has 2 N–H and O–H groups in total. The maximum absolute atomic E-state index is 4.42. The van der Waals surface area contributed by atoms with Crippen LogP contribution in [0.4, 0.5) is 11.6 Å². The summed E-state index contributed by atoms with van der Waals surface area (Å²) in [7, 11) is 0. The molecule has 0 atom stereocenters. The highest BCUT2D eigenvalue weighted by Gasteiger charge is 2.16. The number of thioether (sulfide) groups is 1. The fourth-order valence-electron chi connectivity index (χ4n) is 2.23. The third kappa shape index (κ3) is 3.28. The van der Waals surface area contributed by atoms with Crippen LogP contribution >= 0.6 is 11.8 Å². The molecule has 0 amide bonds. The van der Waals surface area contributed by atoms with Gasteiger partial charge in [0.05, 0.1) is 0 Å². The average molecular weight is 266 g/mol. The van der Waals surface area contributed by atoms with Crippen molar-refractivity contribution in [2.75, 3.05) is 28.7 Å². The fourth-order valence-corrected chi connectivity index (χ4v) is 3.33. The van der Waals surface area contributed by atoms with Crippen LogP contribution in [0.1, 0.15) is 32.3 Å². The van der Waals surface area contributed by atoms with Gasteiger partial charge in [0, 0.05) is 18.2 Å². The van der Waals surface area contributed by atoms with Crippen LogP contribution in [0, 0.1) is 0 Å². The molecule has 5 heteroatoms. The van der Waals surface area contributed by atoms with Crippen molar-refractivity contribution in [3.05, 3.63) is 11.9 Å². The third-order valence-corrected chi connectivity index (χ3v) is 4.25. The smallest absolute Gasteiger partial charge is 0.134 e. The monoisotopic (exact) mass is 266 g/mol. The van der Waals surface area contributed by atoms with Gasteiger partial charge in [0.2, 0.25) is 0 Å². The highest BCUT2D eigenvalue weighted by atomic mass is 32.2. The summed E-state index contributed by atoms with van der Waals surface area (Å²) in [6, 6.07) is 0.570. The Labute approximate surface area is 113 Å². The zero-order valence-corrected chi connectivity index (χ0v) is 12.0. The first-order valence-electron chi connectivity index (χ1n) is 6.77. The molecule has 0 spiro atoms. The van der Waals surface area contributed by atoms with Gasteiger partial charge in [-0.1, -0.05) is 6.92 Å². The molecule has 0 aromatic carbocycles. The molecule has 1 aromatic rings. The Morgan fingerprint density at radius 2 is 1.94 bits per heavy atom. The predicted octanol–water partition coefficient (Wildman–Crippen LogP) is 2.78. The SMILES string of the molecule is CCNc1ncnc(NC2CCSCC2)c1CC. The minimum Gasteiger partial charge on any atom is -0.370 e. The van der Waals surface area contributed by atoms with E-state index in [1.807, 2.05) is 11.8 Å². The van der Waals surface area contributed by atoms with Crippen LogP contribution in [0.25, 0.3) is 0 Å². The van der Waals surface area contributed by atoms with Crippen molar-refractivity contribution in [1.29, 1.82) is 0 Å². The van der Waals surface area contributed by atoms with Crippen LogP contribution in [-0.2, 0) is 6.42 Å². The molecule has 0 radical (unpaired) electrons. The van der Waals surface area contributed by atoms with Crippen molar-refractivity contribution < 1.29 is 0 Å². The maximum Gasteiger partial charge on any atom is 0.134 e. The van der Waals surface area contributed by atoms with Crippen LogP contribution in [0.2, 0.25) is 0 Å². The summed E-state index contributed by atoms with van der Waals surface area (Å²) in [4.78, 5) is 8.74. The first-order chi connectivity index (χ1) is 8.85. The van der Waals surface area contributed by atoms with E-state index >= 15 is 0 Å². The Hall–Kier alpha value is -0.970.